The highest BCUT2D eigenvalue weighted by Crippen LogP contribution is 2.47. The molecule has 0 saturated heterocycles. The van der Waals surface area contributed by atoms with Gasteiger partial charge in [-0.25, -0.2) is 4.39 Å². The number of rotatable bonds is 6. The Morgan fingerprint density at radius 1 is 1.23 bits per heavy atom. The molecule has 0 N–H and O–H groups in total. The van der Waals surface area contributed by atoms with E-state index in [9.17, 15) is 9.18 Å². The van der Waals surface area contributed by atoms with Gasteiger partial charge in [0.15, 0.2) is 14.1 Å². The maximum absolute atomic E-state index is 14.9. The van der Waals surface area contributed by atoms with Gasteiger partial charge < -0.3 is 4.43 Å². The van der Waals surface area contributed by atoms with E-state index in [1.165, 1.54) is 10.9 Å². The second-order valence-electron chi connectivity index (χ2n) is 10.1. The molecule has 1 fully saturated rings. The Kier molecular flexibility index (Phi) is 5.81. The fourth-order valence-corrected chi connectivity index (χ4v) is 6.00. The van der Waals surface area contributed by atoms with E-state index in [0.29, 0.717) is 12.1 Å². The smallest absolute Gasteiger partial charge is 0.194 e. The van der Waals surface area contributed by atoms with E-state index < -0.39 is 14.4 Å². The molecule has 1 aromatic carbocycles. The SMILES string of the molecule is CC(C)(C)[Si](C)(C)OC1c2ccsc2CCN1C(C(=O)C1CC1)c1ccccc1F. The van der Waals surface area contributed by atoms with Crippen LogP contribution in [0.4, 0.5) is 4.39 Å². The lowest BCUT2D eigenvalue weighted by atomic mass is 9.94. The molecule has 2 aliphatic rings. The molecule has 1 aromatic heterocycles. The van der Waals surface area contributed by atoms with Crippen LogP contribution < -0.4 is 0 Å². The molecule has 4 rings (SSSR count). The lowest BCUT2D eigenvalue weighted by Gasteiger charge is -2.46. The van der Waals surface area contributed by atoms with E-state index in [0.717, 1.165) is 24.8 Å². The van der Waals surface area contributed by atoms with Crippen molar-refractivity contribution in [1.82, 2.24) is 4.90 Å². The lowest BCUT2D eigenvalue weighted by Crippen LogP contribution is -2.49. The first kappa shape index (κ1) is 21.9. The van der Waals surface area contributed by atoms with E-state index in [-0.39, 0.29) is 28.8 Å². The Morgan fingerprint density at radius 2 is 1.93 bits per heavy atom. The molecule has 1 aliphatic carbocycles. The number of hydrogen-bond donors (Lipinski definition) is 0. The predicted octanol–water partition coefficient (Wildman–Crippen LogP) is 6.49. The largest absolute Gasteiger partial charge is 0.397 e. The molecule has 2 aromatic rings. The molecule has 2 atom stereocenters. The number of ketones is 1. The van der Waals surface area contributed by atoms with Gasteiger partial charge in [-0.05, 0) is 54.9 Å². The van der Waals surface area contributed by atoms with Crippen LogP contribution in [0.1, 0.15) is 61.9 Å². The Balaban J connectivity index is 1.78. The summed E-state index contributed by atoms with van der Waals surface area (Å²) < 4.78 is 21.9. The molecular weight excluding hydrogens is 413 g/mol. The van der Waals surface area contributed by atoms with E-state index in [2.05, 4.69) is 50.2 Å². The van der Waals surface area contributed by atoms with Gasteiger partial charge in [-0.3, -0.25) is 9.69 Å². The van der Waals surface area contributed by atoms with Crippen LogP contribution in [0.2, 0.25) is 18.1 Å². The third-order valence-corrected chi connectivity index (χ3v) is 12.4. The quantitative estimate of drug-likeness (QED) is 0.476. The molecule has 0 bridgehead atoms. The van der Waals surface area contributed by atoms with Crippen molar-refractivity contribution in [3.63, 3.8) is 0 Å². The first-order valence-electron chi connectivity index (χ1n) is 10.9. The second-order valence-corrected chi connectivity index (χ2v) is 15.9. The van der Waals surface area contributed by atoms with Gasteiger partial charge in [-0.15, -0.1) is 11.3 Å². The summed E-state index contributed by atoms with van der Waals surface area (Å²) in [6, 6.07) is 8.29. The fourth-order valence-electron chi connectivity index (χ4n) is 3.94. The van der Waals surface area contributed by atoms with Crippen molar-refractivity contribution in [2.75, 3.05) is 6.54 Å². The predicted molar refractivity (Wildman–Crippen MR) is 123 cm³/mol. The maximum atomic E-state index is 14.9. The third-order valence-electron chi connectivity index (χ3n) is 6.94. The zero-order valence-electron chi connectivity index (χ0n) is 18.6. The molecule has 0 radical (unpaired) electrons. The number of halogens is 1. The molecule has 6 heteroatoms. The van der Waals surface area contributed by atoms with Crippen LogP contribution in [-0.2, 0) is 15.6 Å². The molecule has 1 aliphatic heterocycles. The molecule has 2 heterocycles. The van der Waals surface area contributed by atoms with E-state index in [4.69, 9.17) is 4.43 Å². The van der Waals surface area contributed by atoms with Crippen LogP contribution >= 0.6 is 11.3 Å². The van der Waals surface area contributed by atoms with Crippen LogP contribution in [0.15, 0.2) is 35.7 Å². The first-order valence-corrected chi connectivity index (χ1v) is 14.7. The van der Waals surface area contributed by atoms with Crippen LogP contribution in [0.25, 0.3) is 0 Å². The van der Waals surface area contributed by atoms with Gasteiger partial charge in [0, 0.05) is 28.5 Å². The summed E-state index contributed by atoms with van der Waals surface area (Å²) in [4.78, 5) is 16.9. The number of thiophene rings is 1. The normalized spacial score (nSPS) is 21.3. The molecule has 1 saturated carbocycles. The fraction of sp³-hybridized carbons (Fsp3) is 0.542. The van der Waals surface area contributed by atoms with Crippen LogP contribution in [-0.4, -0.2) is 25.5 Å². The maximum Gasteiger partial charge on any atom is 0.194 e. The number of hydrogen-bond acceptors (Lipinski definition) is 4. The Labute approximate surface area is 184 Å². The summed E-state index contributed by atoms with van der Waals surface area (Å²) in [5.41, 5.74) is 1.64. The van der Waals surface area contributed by atoms with Gasteiger partial charge in [0.25, 0.3) is 0 Å². The van der Waals surface area contributed by atoms with Crippen molar-refractivity contribution >= 4 is 25.4 Å². The minimum absolute atomic E-state index is 0.0420. The highest BCUT2D eigenvalue weighted by atomic mass is 32.1. The van der Waals surface area contributed by atoms with Crippen molar-refractivity contribution in [2.24, 2.45) is 5.92 Å². The third kappa shape index (κ3) is 4.07. The minimum atomic E-state index is -2.12. The summed E-state index contributed by atoms with van der Waals surface area (Å²) in [5.74, 6) is -0.117. The lowest BCUT2D eigenvalue weighted by molar-refractivity contribution is -0.131. The monoisotopic (exact) mass is 445 g/mol. The highest BCUT2D eigenvalue weighted by molar-refractivity contribution is 7.10. The van der Waals surface area contributed by atoms with Gasteiger partial charge >= 0.3 is 0 Å². The summed E-state index contributed by atoms with van der Waals surface area (Å²) in [5, 5.41) is 2.15. The average Bonchev–Trinajstić information content (AvgIpc) is 3.41. The standard InChI is InChI=1S/C24H32FNO2SSi/c1-24(2,3)30(4,5)28-23-18-13-15-29-20(18)12-14-26(23)21(22(27)16-10-11-16)17-8-6-7-9-19(17)25/h6-9,13,15-16,21,23H,10-12,14H2,1-5H3. The van der Waals surface area contributed by atoms with Crippen molar-refractivity contribution < 1.29 is 13.6 Å². The highest BCUT2D eigenvalue weighted by Gasteiger charge is 2.47. The number of carbonyl (C=O) groups is 1. The zero-order chi connectivity index (χ0) is 21.7. The summed E-state index contributed by atoms with van der Waals surface area (Å²) >= 11 is 1.75. The number of Topliss-reactive ketones (excluding diaryl/α,β-unsaturated/α-hetero) is 1. The van der Waals surface area contributed by atoms with Gasteiger partial charge in [0.05, 0.1) is 6.04 Å². The first-order chi connectivity index (χ1) is 14.1. The molecule has 3 nitrogen and oxygen atoms in total. The molecule has 162 valence electrons. The molecular formula is C24H32FNO2SSi. The van der Waals surface area contributed by atoms with E-state index in [1.54, 1.807) is 23.5 Å². The number of carbonyl (C=O) groups excluding carboxylic acids is 1. The average molecular weight is 446 g/mol. The Bertz CT molecular complexity index is 931. The molecule has 2 unspecified atom stereocenters. The van der Waals surface area contributed by atoms with Crippen LogP contribution in [0.3, 0.4) is 0 Å². The number of fused-ring (bicyclic) bond motifs is 1. The van der Waals surface area contributed by atoms with Crippen LogP contribution in [0, 0.1) is 11.7 Å². The van der Waals surface area contributed by atoms with Crippen molar-refractivity contribution in [3.05, 3.63) is 57.5 Å². The van der Waals surface area contributed by atoms with Crippen molar-refractivity contribution in [1.29, 1.82) is 0 Å². The zero-order valence-corrected chi connectivity index (χ0v) is 20.4. The number of nitrogens with zero attached hydrogens (tertiary/aromatic N) is 1. The molecule has 0 amide bonds. The topological polar surface area (TPSA) is 29.5 Å². The van der Waals surface area contributed by atoms with Gasteiger partial charge in [0.1, 0.15) is 12.0 Å². The van der Waals surface area contributed by atoms with Crippen LogP contribution in [0.5, 0.6) is 0 Å². The van der Waals surface area contributed by atoms with E-state index >= 15 is 0 Å². The molecule has 0 spiro atoms. The summed E-state index contributed by atoms with van der Waals surface area (Å²) in [6.45, 7) is 11.9. The minimum Gasteiger partial charge on any atom is -0.397 e. The Hall–Kier alpha value is -1.34. The van der Waals surface area contributed by atoms with E-state index in [1.807, 2.05) is 6.07 Å². The second kappa shape index (κ2) is 7.97. The molecule has 30 heavy (non-hydrogen) atoms. The number of benzene rings is 1. The van der Waals surface area contributed by atoms with Gasteiger partial charge in [-0.1, -0.05) is 39.0 Å². The Morgan fingerprint density at radius 3 is 2.57 bits per heavy atom. The van der Waals surface area contributed by atoms with Crippen molar-refractivity contribution in [2.45, 2.75) is 70.4 Å². The summed E-state index contributed by atoms with van der Waals surface area (Å²) in [7, 11) is -2.12. The van der Waals surface area contributed by atoms with Gasteiger partial charge in [-0.2, -0.15) is 0 Å². The van der Waals surface area contributed by atoms with Gasteiger partial charge in [0.2, 0.25) is 0 Å². The summed E-state index contributed by atoms with van der Waals surface area (Å²) in [6.07, 6.45) is 2.38. The van der Waals surface area contributed by atoms with Crippen molar-refractivity contribution in [3.8, 4) is 0 Å².